The quantitative estimate of drug-likeness (QED) is 0.520. The molecule has 0 unspecified atom stereocenters. The number of hydrogen-bond donors (Lipinski definition) is 1. The normalized spacial score (nSPS) is 16.2. The number of nitrogens with zero attached hydrogens (tertiary/aromatic N) is 2. The topological polar surface area (TPSA) is 76.6 Å². The number of furan rings is 1. The van der Waals surface area contributed by atoms with Gasteiger partial charge in [-0.2, -0.15) is 0 Å². The Morgan fingerprint density at radius 1 is 1.19 bits per heavy atom. The number of thiophene rings is 1. The summed E-state index contributed by atoms with van der Waals surface area (Å²) >= 11 is 2.82. The molecule has 0 spiro atoms. The molecule has 0 saturated carbocycles. The highest BCUT2D eigenvalue weighted by molar-refractivity contribution is 7.10. The molecule has 1 aliphatic rings. The van der Waals surface area contributed by atoms with Gasteiger partial charge in [0.05, 0.1) is 28.3 Å². The van der Waals surface area contributed by atoms with E-state index in [-0.39, 0.29) is 11.5 Å². The van der Waals surface area contributed by atoms with Crippen LogP contribution in [0.3, 0.4) is 0 Å². The molecule has 0 radical (unpaired) electrons. The first kappa shape index (κ1) is 19.5. The number of fused-ring (bicyclic) bond motifs is 1. The van der Waals surface area contributed by atoms with E-state index >= 15 is 0 Å². The first-order valence-corrected chi connectivity index (χ1v) is 11.3. The van der Waals surface area contributed by atoms with Crippen molar-refractivity contribution in [3.63, 3.8) is 0 Å². The van der Waals surface area contributed by atoms with Crippen molar-refractivity contribution in [2.45, 2.75) is 13.0 Å². The Labute approximate surface area is 185 Å². The molecule has 154 valence electrons. The van der Waals surface area contributed by atoms with E-state index < -0.39 is 6.04 Å². The largest absolute Gasteiger partial charge is 0.472 e. The monoisotopic (exact) mass is 447 g/mol. The number of hydrogen-bond acceptors (Lipinski definition) is 6. The molecule has 1 atom stereocenters. The Morgan fingerprint density at radius 3 is 2.74 bits per heavy atom. The van der Waals surface area contributed by atoms with Gasteiger partial charge in [-0.25, -0.2) is 4.99 Å². The molecule has 0 bridgehead atoms. The van der Waals surface area contributed by atoms with Gasteiger partial charge in [-0.3, -0.25) is 14.2 Å². The number of amides is 1. The van der Waals surface area contributed by atoms with Gasteiger partial charge >= 0.3 is 0 Å². The van der Waals surface area contributed by atoms with Crippen LogP contribution in [0.1, 0.15) is 23.4 Å². The molecule has 6 nitrogen and oxygen atoms in total. The van der Waals surface area contributed by atoms with E-state index in [1.54, 1.807) is 29.2 Å². The second-order valence-electron chi connectivity index (χ2n) is 6.97. The van der Waals surface area contributed by atoms with E-state index in [1.165, 1.54) is 22.7 Å². The van der Waals surface area contributed by atoms with Crippen LogP contribution in [0.4, 0.5) is 5.69 Å². The van der Waals surface area contributed by atoms with Crippen molar-refractivity contribution in [1.82, 2.24) is 4.57 Å². The summed E-state index contributed by atoms with van der Waals surface area (Å²) in [5.74, 6) is -0.269. The number of carbonyl (C=O) groups excluding carboxylic acids is 1. The molecule has 0 aliphatic carbocycles. The van der Waals surface area contributed by atoms with Gasteiger partial charge < -0.3 is 9.73 Å². The fraction of sp³-hybridized carbons (Fsp3) is 0.0870. The first-order valence-electron chi connectivity index (χ1n) is 9.56. The molecule has 4 heterocycles. The molecule has 1 amide bonds. The average molecular weight is 448 g/mol. The van der Waals surface area contributed by atoms with E-state index in [0.29, 0.717) is 26.3 Å². The summed E-state index contributed by atoms with van der Waals surface area (Å²) in [6.45, 7) is 1.81. The fourth-order valence-electron chi connectivity index (χ4n) is 3.56. The second-order valence-corrected chi connectivity index (χ2v) is 8.96. The minimum Gasteiger partial charge on any atom is -0.472 e. The van der Waals surface area contributed by atoms with Crippen molar-refractivity contribution in [3.8, 4) is 0 Å². The maximum absolute atomic E-state index is 13.4. The predicted molar refractivity (Wildman–Crippen MR) is 122 cm³/mol. The molecule has 0 saturated heterocycles. The highest BCUT2D eigenvalue weighted by Crippen LogP contribution is 2.33. The fourth-order valence-corrected chi connectivity index (χ4v) is 5.43. The standard InChI is InChI=1S/C23H17N3O3S2/c1-14-19(21(27)25-16-6-3-2-4-7-16)20(17-8-5-11-30-17)26-22(28)18(31-23(26)24-14)12-15-9-10-29-13-15/h2-13,20H,1H3,(H,25,27)/b18-12-/t20-/m1/s1. The van der Waals surface area contributed by atoms with Crippen LogP contribution in [-0.4, -0.2) is 10.5 Å². The zero-order valence-electron chi connectivity index (χ0n) is 16.4. The summed E-state index contributed by atoms with van der Waals surface area (Å²) in [6.07, 6.45) is 4.92. The summed E-state index contributed by atoms with van der Waals surface area (Å²) in [4.78, 5) is 32.8. The maximum atomic E-state index is 13.4. The molecule has 1 aromatic carbocycles. The number of benzene rings is 1. The number of aromatic nitrogens is 1. The maximum Gasteiger partial charge on any atom is 0.271 e. The lowest BCUT2D eigenvalue weighted by molar-refractivity contribution is -0.113. The van der Waals surface area contributed by atoms with Gasteiger partial charge in [0.2, 0.25) is 0 Å². The van der Waals surface area contributed by atoms with Crippen molar-refractivity contribution in [2.75, 3.05) is 5.32 Å². The molecule has 31 heavy (non-hydrogen) atoms. The van der Waals surface area contributed by atoms with E-state index in [1.807, 2.05) is 54.8 Å². The molecule has 0 fully saturated rings. The minimum atomic E-state index is -0.536. The van der Waals surface area contributed by atoms with Crippen molar-refractivity contribution in [2.24, 2.45) is 4.99 Å². The molecule has 1 N–H and O–H groups in total. The number of carbonyl (C=O) groups is 1. The van der Waals surface area contributed by atoms with Crippen LogP contribution in [-0.2, 0) is 4.79 Å². The summed E-state index contributed by atoms with van der Waals surface area (Å²) in [5.41, 5.74) is 2.38. The van der Waals surface area contributed by atoms with Crippen molar-refractivity contribution < 1.29 is 9.21 Å². The third-order valence-corrected chi connectivity index (χ3v) is 6.86. The highest BCUT2D eigenvalue weighted by atomic mass is 32.1. The molecular weight excluding hydrogens is 430 g/mol. The molecule has 3 aromatic heterocycles. The first-order chi connectivity index (χ1) is 15.1. The van der Waals surface area contributed by atoms with Crippen LogP contribution in [0, 0.1) is 0 Å². The molecule has 5 rings (SSSR count). The SMILES string of the molecule is CC1=C(C(=O)Nc2ccccc2)[C@@H](c2cccs2)n2c(s/c(=C\c3ccoc3)c2=O)=N1. The Bertz CT molecular complexity index is 1440. The smallest absolute Gasteiger partial charge is 0.271 e. The van der Waals surface area contributed by atoms with Crippen LogP contribution in [0.15, 0.2) is 91.9 Å². The summed E-state index contributed by atoms with van der Waals surface area (Å²) in [6, 6.07) is 14.4. The Balaban J connectivity index is 1.66. The molecular formula is C23H17N3O3S2. The molecule has 8 heteroatoms. The number of anilines is 1. The summed E-state index contributed by atoms with van der Waals surface area (Å²) in [7, 11) is 0. The Hall–Kier alpha value is -3.49. The van der Waals surface area contributed by atoms with Gasteiger partial charge in [0.1, 0.15) is 6.04 Å². The lowest BCUT2D eigenvalue weighted by Gasteiger charge is -2.24. The number of para-hydroxylation sites is 1. The van der Waals surface area contributed by atoms with Crippen LogP contribution < -0.4 is 20.2 Å². The van der Waals surface area contributed by atoms with Crippen molar-refractivity contribution >= 4 is 40.3 Å². The number of thiazole rings is 1. The van der Waals surface area contributed by atoms with Gasteiger partial charge in [0.25, 0.3) is 11.5 Å². The van der Waals surface area contributed by atoms with Crippen molar-refractivity contribution in [1.29, 1.82) is 0 Å². The summed E-state index contributed by atoms with van der Waals surface area (Å²) in [5, 5.41) is 4.89. The van der Waals surface area contributed by atoms with Gasteiger partial charge in [0, 0.05) is 16.1 Å². The van der Waals surface area contributed by atoms with Crippen molar-refractivity contribution in [3.05, 3.63) is 108 Å². The van der Waals surface area contributed by atoms with E-state index in [0.717, 1.165) is 10.4 Å². The lowest BCUT2D eigenvalue weighted by Crippen LogP contribution is -2.40. The number of rotatable bonds is 4. The number of allylic oxidation sites excluding steroid dienone is 1. The third kappa shape index (κ3) is 3.60. The van der Waals surface area contributed by atoms with Gasteiger partial charge in [0.15, 0.2) is 4.80 Å². The lowest BCUT2D eigenvalue weighted by atomic mass is 10.0. The van der Waals surface area contributed by atoms with Crippen LogP contribution in [0.2, 0.25) is 0 Å². The molecule has 1 aliphatic heterocycles. The minimum absolute atomic E-state index is 0.180. The van der Waals surface area contributed by atoms with E-state index in [4.69, 9.17) is 4.42 Å². The van der Waals surface area contributed by atoms with Crippen LogP contribution in [0.5, 0.6) is 0 Å². The van der Waals surface area contributed by atoms with Gasteiger partial charge in [-0.15, -0.1) is 11.3 Å². The zero-order chi connectivity index (χ0) is 21.4. The average Bonchev–Trinajstić information content (AvgIpc) is 3.51. The third-order valence-electron chi connectivity index (χ3n) is 4.95. The van der Waals surface area contributed by atoms with Gasteiger partial charge in [-0.1, -0.05) is 35.6 Å². The highest BCUT2D eigenvalue weighted by Gasteiger charge is 2.33. The van der Waals surface area contributed by atoms with Crippen LogP contribution >= 0.6 is 22.7 Å². The summed E-state index contributed by atoms with van der Waals surface area (Å²) < 4.78 is 7.27. The van der Waals surface area contributed by atoms with E-state index in [9.17, 15) is 9.59 Å². The second kappa shape index (κ2) is 7.98. The zero-order valence-corrected chi connectivity index (χ0v) is 18.1. The number of nitrogens with one attached hydrogen (secondary N) is 1. The Morgan fingerprint density at radius 2 is 2.03 bits per heavy atom. The van der Waals surface area contributed by atoms with Gasteiger partial charge in [-0.05, 0) is 42.6 Å². The Kier molecular flexibility index (Phi) is 5.01. The van der Waals surface area contributed by atoms with Crippen LogP contribution in [0.25, 0.3) is 6.08 Å². The predicted octanol–water partition coefficient (Wildman–Crippen LogP) is 3.53. The van der Waals surface area contributed by atoms with E-state index in [2.05, 4.69) is 10.3 Å². The molecule has 4 aromatic rings.